The van der Waals surface area contributed by atoms with Crippen molar-refractivity contribution in [3.63, 3.8) is 0 Å². The fourth-order valence-electron chi connectivity index (χ4n) is 5.31. The quantitative estimate of drug-likeness (QED) is 0.0855. The van der Waals surface area contributed by atoms with E-state index in [0.717, 1.165) is 4.73 Å². The lowest BCUT2D eigenvalue weighted by molar-refractivity contribution is -0.904. The van der Waals surface area contributed by atoms with Gasteiger partial charge in [0.2, 0.25) is 36.0 Å². The van der Waals surface area contributed by atoms with Gasteiger partial charge in [-0.05, 0) is 57.3 Å². The third-order valence-corrected chi connectivity index (χ3v) is 8.16. The van der Waals surface area contributed by atoms with Crippen LogP contribution in [-0.4, -0.2) is 90.0 Å². The third kappa shape index (κ3) is 14.6. The van der Waals surface area contributed by atoms with Crippen molar-refractivity contribution in [2.24, 2.45) is 17.8 Å². The van der Waals surface area contributed by atoms with Gasteiger partial charge in [0.25, 0.3) is 5.91 Å². The lowest BCUT2D eigenvalue weighted by atomic mass is 10.00. The molecular weight excluding hydrogens is 614 g/mol. The number of likely N-dealkylation sites (N-methyl/N-ethyl adjacent to an activating group) is 2. The molecule has 0 aliphatic heterocycles. The number of nitrogens with one attached hydrogen (secondary N) is 5. The van der Waals surface area contributed by atoms with Crippen molar-refractivity contribution >= 4 is 29.5 Å². The zero-order valence-electron chi connectivity index (χ0n) is 30.8. The summed E-state index contributed by atoms with van der Waals surface area (Å²) in [5, 5.41) is 24.3. The zero-order chi connectivity index (χ0) is 36.6. The average Bonchev–Trinajstić information content (AvgIpc) is 3.01. The lowest BCUT2D eigenvalue weighted by Crippen LogP contribution is -2.57. The Morgan fingerprint density at radius 1 is 0.812 bits per heavy atom. The number of hydrogen-bond donors (Lipinski definition) is 6. The molecule has 0 aliphatic rings. The second-order valence-electron chi connectivity index (χ2n) is 13.8. The molecule has 13 heteroatoms. The molecule has 13 nitrogen and oxygen atoms in total. The molecule has 0 spiro atoms. The summed E-state index contributed by atoms with van der Waals surface area (Å²) >= 11 is 0. The van der Waals surface area contributed by atoms with Crippen molar-refractivity contribution < 1.29 is 33.9 Å². The summed E-state index contributed by atoms with van der Waals surface area (Å²) in [6, 6.07) is -0.329. The smallest absolute Gasteiger partial charge is 0.252 e. The first-order chi connectivity index (χ1) is 22.5. The SMILES string of the molecule is CCC[C@@H](C(=O)NC(CN[C@@H](C)C(=O)NC(C(=O)NCC)C(C)C)CC(C)C)N(C)C(=O)C(CCC(C)C)NC(=O)c1cc[n+](O)cc1. The molecule has 0 fully saturated rings. The van der Waals surface area contributed by atoms with Crippen molar-refractivity contribution in [1.82, 2.24) is 31.5 Å². The minimum absolute atomic E-state index is 0.0962. The average molecular weight is 677 g/mol. The molecule has 6 N–H and O–H groups in total. The second kappa shape index (κ2) is 21.3. The van der Waals surface area contributed by atoms with E-state index < -0.39 is 30.1 Å². The Bertz CT molecular complexity index is 1170. The monoisotopic (exact) mass is 676 g/mol. The van der Waals surface area contributed by atoms with Crippen molar-refractivity contribution in [2.45, 2.75) is 125 Å². The number of carbonyl (C=O) groups is 5. The molecule has 0 saturated heterocycles. The summed E-state index contributed by atoms with van der Waals surface area (Å²) in [5.74, 6) is -1.23. The molecule has 0 aliphatic carbocycles. The lowest BCUT2D eigenvalue weighted by Gasteiger charge is -2.33. The molecular formula is C35H62N7O6+. The maximum absolute atomic E-state index is 13.9. The van der Waals surface area contributed by atoms with Gasteiger partial charge in [0.1, 0.15) is 18.1 Å². The summed E-state index contributed by atoms with van der Waals surface area (Å²) in [6.45, 7) is 18.2. The van der Waals surface area contributed by atoms with Crippen LogP contribution in [0.2, 0.25) is 0 Å². The predicted octanol–water partition coefficient (Wildman–Crippen LogP) is 2.16. The first-order valence-corrected chi connectivity index (χ1v) is 17.4. The third-order valence-electron chi connectivity index (χ3n) is 8.16. The molecule has 5 amide bonds. The molecule has 0 aromatic carbocycles. The predicted molar refractivity (Wildman–Crippen MR) is 185 cm³/mol. The minimum atomic E-state index is -0.847. The zero-order valence-corrected chi connectivity index (χ0v) is 30.8. The van der Waals surface area contributed by atoms with Gasteiger partial charge < -0.3 is 31.5 Å². The van der Waals surface area contributed by atoms with Crippen LogP contribution in [0.4, 0.5) is 0 Å². The minimum Gasteiger partial charge on any atom is -0.355 e. The van der Waals surface area contributed by atoms with Gasteiger partial charge >= 0.3 is 0 Å². The van der Waals surface area contributed by atoms with E-state index in [0.29, 0.717) is 56.7 Å². The van der Waals surface area contributed by atoms with Crippen LogP contribution in [0.1, 0.15) is 105 Å². The Morgan fingerprint density at radius 2 is 1.44 bits per heavy atom. The van der Waals surface area contributed by atoms with E-state index in [9.17, 15) is 29.2 Å². The number of hydrogen-bond acceptors (Lipinski definition) is 7. The fraction of sp³-hybridized carbons (Fsp3) is 0.714. The van der Waals surface area contributed by atoms with E-state index in [2.05, 4.69) is 26.6 Å². The molecule has 1 aromatic rings. The topological polar surface area (TPSA) is 173 Å². The van der Waals surface area contributed by atoms with Gasteiger partial charge in [-0.1, -0.05) is 54.9 Å². The summed E-state index contributed by atoms with van der Waals surface area (Å²) in [4.78, 5) is 67.6. The van der Waals surface area contributed by atoms with Crippen molar-refractivity contribution in [2.75, 3.05) is 20.1 Å². The maximum Gasteiger partial charge on any atom is 0.252 e. The number of rotatable bonds is 21. The van der Waals surface area contributed by atoms with E-state index in [4.69, 9.17) is 0 Å². The molecule has 1 rings (SSSR count). The highest BCUT2D eigenvalue weighted by molar-refractivity contribution is 5.98. The molecule has 0 bridgehead atoms. The van der Waals surface area contributed by atoms with E-state index >= 15 is 0 Å². The van der Waals surface area contributed by atoms with Gasteiger partial charge in [-0.25, -0.2) is 0 Å². The van der Waals surface area contributed by atoms with Crippen LogP contribution in [-0.2, 0) is 19.2 Å². The summed E-state index contributed by atoms with van der Waals surface area (Å²) in [6.07, 6.45) is 5.46. The number of amides is 5. The van der Waals surface area contributed by atoms with E-state index in [1.165, 1.54) is 29.4 Å². The first-order valence-electron chi connectivity index (χ1n) is 17.4. The number of nitrogens with zero attached hydrogens (tertiary/aromatic N) is 2. The van der Waals surface area contributed by atoms with Crippen molar-refractivity contribution in [3.8, 4) is 0 Å². The van der Waals surface area contributed by atoms with Crippen LogP contribution in [0.15, 0.2) is 24.5 Å². The number of aromatic nitrogens is 1. The Hall–Kier alpha value is -3.74. The summed E-state index contributed by atoms with van der Waals surface area (Å²) in [7, 11) is 1.59. The summed E-state index contributed by atoms with van der Waals surface area (Å²) in [5.41, 5.74) is 0.295. The van der Waals surface area contributed by atoms with Crippen LogP contribution in [0, 0.1) is 17.8 Å². The van der Waals surface area contributed by atoms with Gasteiger partial charge in [-0.15, -0.1) is 0 Å². The molecule has 0 saturated carbocycles. The van der Waals surface area contributed by atoms with Crippen LogP contribution < -0.4 is 31.3 Å². The molecule has 48 heavy (non-hydrogen) atoms. The highest BCUT2D eigenvalue weighted by atomic mass is 16.5. The molecule has 3 unspecified atom stereocenters. The Labute approximate surface area is 287 Å². The van der Waals surface area contributed by atoms with Crippen molar-refractivity contribution in [3.05, 3.63) is 30.1 Å². The Morgan fingerprint density at radius 3 is 1.96 bits per heavy atom. The standard InChI is InChI=1S/C35H61N7O6/c1-11-13-29(41(10)35(47)28(15-14-22(3)4)39-32(44)26-16-18-42(48)19-17-26)33(45)38-27(20-23(5)6)21-37-25(9)31(43)40-30(24(7)8)34(46)36-12-2/h16-19,22-25,27-30,37H,11-15,20-21H2,1-10H3,(H4-,36,38,39,40,43,44,45,46,48)/p+1/t25-,27?,28?,29-,30?/m0/s1. The largest absolute Gasteiger partial charge is 0.355 e. The normalized spacial score (nSPS) is 14.5. The summed E-state index contributed by atoms with van der Waals surface area (Å²) < 4.78 is 0.827. The second-order valence-corrected chi connectivity index (χ2v) is 13.8. The highest BCUT2D eigenvalue weighted by Crippen LogP contribution is 2.15. The number of pyridine rings is 1. The Balaban J connectivity index is 3.07. The van der Waals surface area contributed by atoms with Gasteiger partial charge in [0.05, 0.1) is 11.6 Å². The molecule has 1 aromatic heterocycles. The van der Waals surface area contributed by atoms with Gasteiger partial charge in [0.15, 0.2) is 0 Å². The maximum atomic E-state index is 13.9. The fourth-order valence-corrected chi connectivity index (χ4v) is 5.31. The Kier molecular flexibility index (Phi) is 18.7. The van der Waals surface area contributed by atoms with Crippen LogP contribution in [0.5, 0.6) is 0 Å². The molecule has 0 radical (unpaired) electrons. The van der Waals surface area contributed by atoms with Crippen molar-refractivity contribution in [1.29, 1.82) is 0 Å². The van der Waals surface area contributed by atoms with E-state index in [1.54, 1.807) is 14.0 Å². The van der Waals surface area contributed by atoms with Gasteiger partial charge in [-0.2, -0.15) is 0 Å². The van der Waals surface area contributed by atoms with E-state index in [1.807, 2.05) is 55.4 Å². The van der Waals surface area contributed by atoms with E-state index in [-0.39, 0.29) is 41.5 Å². The molecule has 1 heterocycles. The van der Waals surface area contributed by atoms with Gasteiger partial charge in [-0.3, -0.25) is 29.2 Å². The van der Waals surface area contributed by atoms with Crippen LogP contribution in [0.25, 0.3) is 0 Å². The molecule has 5 atom stereocenters. The molecule has 272 valence electrons. The number of carbonyl (C=O) groups excluding carboxylic acids is 5. The van der Waals surface area contributed by atoms with Gasteiger partial charge in [0, 0.05) is 43.0 Å². The van der Waals surface area contributed by atoms with Crippen LogP contribution in [0.3, 0.4) is 0 Å². The van der Waals surface area contributed by atoms with Crippen LogP contribution >= 0.6 is 0 Å². The first kappa shape index (κ1) is 42.3. The highest BCUT2D eigenvalue weighted by Gasteiger charge is 2.33.